The lowest BCUT2D eigenvalue weighted by Crippen LogP contribution is -2.17. The highest BCUT2D eigenvalue weighted by molar-refractivity contribution is 9.45. The van der Waals surface area contributed by atoms with E-state index in [0.717, 1.165) is 0 Å². The second kappa shape index (κ2) is 3.86. The summed E-state index contributed by atoms with van der Waals surface area (Å²) in [6.07, 6.45) is 1.34. The Morgan fingerprint density at radius 3 is 1.72 bits per heavy atom. The molecule has 2 aliphatic heterocycles. The zero-order valence-electron chi connectivity index (χ0n) is 11.0. The second-order valence-electron chi connectivity index (χ2n) is 5.69. The first-order chi connectivity index (χ1) is 8.49. The molecule has 0 spiro atoms. The van der Waals surface area contributed by atoms with E-state index in [4.69, 9.17) is 11.2 Å². The third-order valence-corrected chi connectivity index (χ3v) is 84.4. The molecule has 3 aromatic rings. The van der Waals surface area contributed by atoms with Crippen molar-refractivity contribution in [3.05, 3.63) is 29.3 Å². The molecule has 1 aromatic carbocycles. The third-order valence-electron chi connectivity index (χ3n) is 3.84. The van der Waals surface area contributed by atoms with E-state index in [1.165, 1.54) is 0 Å². The van der Waals surface area contributed by atoms with E-state index in [1.54, 1.807) is 16.4 Å². The van der Waals surface area contributed by atoms with Gasteiger partial charge in [0.2, 0.25) is 5.99 Å². The quantitative estimate of drug-likeness (QED) is 0.418. The number of hydrogen-bond acceptors (Lipinski definition) is 0. The molecule has 6 heteroatoms. The molecule has 0 aliphatic carbocycles. The SMILES string of the molecule is CC(C)c1cccc(C(C)C)c1[P+]1(Cl)p2p3p1p23. The first-order valence-corrected chi connectivity index (χ1v) is 19.4. The molecule has 2 aromatic heterocycles. The molecule has 5 rings (SSSR count). The number of hydrogen-bond donors (Lipinski definition) is 0. The van der Waals surface area contributed by atoms with Gasteiger partial charge in [-0.05, 0) is 23.0 Å². The van der Waals surface area contributed by atoms with Crippen molar-refractivity contribution < 1.29 is 0 Å². The Kier molecular flexibility index (Phi) is 2.76. The van der Waals surface area contributed by atoms with E-state index in [0.29, 0.717) is 37.7 Å². The van der Waals surface area contributed by atoms with Crippen LogP contribution in [0, 0.1) is 0 Å². The molecule has 18 heavy (non-hydrogen) atoms. The molecule has 96 valence electrons. The molecular formula is C12H17ClP5+. The minimum Gasteiger partial charge on any atom is -0.0614 e. The molecule has 0 fully saturated rings. The lowest BCUT2D eigenvalue weighted by atomic mass is 9.95. The van der Waals surface area contributed by atoms with Crippen LogP contribution >= 0.6 is 43.1 Å². The maximum atomic E-state index is 7.25. The summed E-state index contributed by atoms with van der Waals surface area (Å²) in [7, 11) is 0. The van der Waals surface area contributed by atoms with Gasteiger partial charge in [0.25, 0.3) is 0 Å². The van der Waals surface area contributed by atoms with Crippen molar-refractivity contribution in [1.29, 1.82) is 0 Å². The predicted molar refractivity (Wildman–Crippen MR) is 94.7 cm³/mol. The molecule has 0 nitrogen and oxygen atoms in total. The molecular weight excluding hydrogens is 334 g/mol. The first kappa shape index (κ1) is 12.8. The largest absolute Gasteiger partial charge is 0.247 e. The van der Waals surface area contributed by atoms with Crippen LogP contribution in [0.1, 0.15) is 50.7 Å². The molecule has 0 N–H and O–H groups in total. The third kappa shape index (κ3) is 1.37. The van der Waals surface area contributed by atoms with E-state index < -0.39 is 5.99 Å². The van der Waals surface area contributed by atoms with Crippen LogP contribution in [0.5, 0.6) is 0 Å². The number of benzene rings is 1. The van der Waals surface area contributed by atoms with Crippen LogP contribution < -0.4 is 5.30 Å². The summed E-state index contributed by atoms with van der Waals surface area (Å²) in [6.45, 7) is 10.2. The highest BCUT2D eigenvalue weighted by Crippen LogP contribution is 3.43. The van der Waals surface area contributed by atoms with Gasteiger partial charge >= 0.3 is 0 Å². The molecule has 0 amide bonds. The Morgan fingerprint density at radius 1 is 0.944 bits per heavy atom. The van der Waals surface area contributed by atoms with Gasteiger partial charge in [0.1, 0.15) is 29.7 Å². The molecule has 0 unspecified atom stereocenters. The normalized spacial score (nSPS) is 26.8. The van der Waals surface area contributed by atoms with Crippen molar-refractivity contribution in [3.8, 4) is 0 Å². The molecule has 0 atom stereocenters. The average molecular weight is 352 g/mol. The van der Waals surface area contributed by atoms with Crippen LogP contribution in [-0.4, -0.2) is 0 Å². The van der Waals surface area contributed by atoms with Crippen molar-refractivity contribution in [2.75, 3.05) is 0 Å². The molecule has 2 aliphatic rings. The van der Waals surface area contributed by atoms with Gasteiger partial charge in [0, 0.05) is 0 Å². The van der Waals surface area contributed by atoms with Crippen molar-refractivity contribution in [3.63, 3.8) is 0 Å². The maximum absolute atomic E-state index is 7.25. The summed E-state index contributed by atoms with van der Waals surface area (Å²) >= 11 is 7.25. The fourth-order valence-corrected chi connectivity index (χ4v) is 149. The Bertz CT molecular complexity index is 652. The van der Waals surface area contributed by atoms with Crippen LogP contribution in [0.15, 0.2) is 18.2 Å². The smallest absolute Gasteiger partial charge is 0.0614 e. The summed E-state index contributed by atoms with van der Waals surface area (Å²) in [5, 5.41) is 1.71. The van der Waals surface area contributed by atoms with Crippen LogP contribution in [0.3, 0.4) is 0 Å². The summed E-state index contributed by atoms with van der Waals surface area (Å²) < 4.78 is 0. The zero-order valence-corrected chi connectivity index (χ0v) is 16.2. The van der Waals surface area contributed by atoms with Gasteiger partial charge in [-0.3, -0.25) is 0 Å². The Labute approximate surface area is 117 Å². The molecule has 0 radical (unpaired) electrons. The van der Waals surface area contributed by atoms with Crippen LogP contribution in [-0.2, 0) is 0 Å². The highest BCUT2D eigenvalue weighted by atomic mass is 35.7. The topological polar surface area (TPSA) is 0 Å². The van der Waals surface area contributed by atoms with Gasteiger partial charge in [-0.2, -0.15) is 0 Å². The van der Waals surface area contributed by atoms with Gasteiger partial charge in [0.05, 0.1) is 12.7 Å². The van der Waals surface area contributed by atoms with Crippen molar-refractivity contribution in [1.82, 2.24) is 0 Å². The lowest BCUT2D eigenvalue weighted by molar-refractivity contribution is 0.846. The molecule has 2 bridgehead atoms. The fourth-order valence-electron chi connectivity index (χ4n) is 2.78. The van der Waals surface area contributed by atoms with E-state index in [-0.39, 0.29) is 0 Å². The summed E-state index contributed by atoms with van der Waals surface area (Å²) in [6, 6.07) is 6.97. The standard InChI is InChI=1S/C12H17ClP5/c1-8(2)10-6-5-7-11(9(3)4)12(10)18(13)16-14-15(16)17(14)18/h5-9H,1-4H3/q+1. The van der Waals surface area contributed by atoms with Gasteiger partial charge < -0.3 is 0 Å². The zero-order chi connectivity index (χ0) is 12.8. The van der Waals surface area contributed by atoms with Crippen LogP contribution in [0.4, 0.5) is 0 Å². The summed E-state index contributed by atoms with van der Waals surface area (Å²) in [5.74, 6) is 0.197. The van der Waals surface area contributed by atoms with Gasteiger partial charge in [-0.25, -0.2) is 0 Å². The highest BCUT2D eigenvalue weighted by Gasteiger charge is 2.77. The molecule has 0 saturated heterocycles. The number of halogens is 1. The summed E-state index contributed by atoms with van der Waals surface area (Å²) in [4.78, 5) is 0. The fraction of sp³-hybridized carbons (Fsp3) is 0.500. The molecule has 0 saturated carbocycles. The van der Waals surface area contributed by atoms with Gasteiger partial charge in [0.15, 0.2) is 0 Å². The van der Waals surface area contributed by atoms with Crippen LogP contribution in [0.2, 0.25) is 0 Å². The average Bonchev–Trinajstić information content (AvgIpc) is 3.14. The van der Waals surface area contributed by atoms with E-state index in [1.807, 2.05) is 0 Å². The summed E-state index contributed by atoms with van der Waals surface area (Å²) in [5.41, 5.74) is 3.19. The van der Waals surface area contributed by atoms with Crippen molar-refractivity contribution >= 4 is 48.4 Å². The van der Waals surface area contributed by atoms with Crippen LogP contribution in [0.25, 0.3) is 0 Å². The van der Waals surface area contributed by atoms with E-state index >= 15 is 0 Å². The van der Waals surface area contributed by atoms with Gasteiger partial charge in [-0.15, -0.1) is 0 Å². The minimum atomic E-state index is -1.08. The Hall–Kier alpha value is 1.14. The Morgan fingerprint density at radius 2 is 1.39 bits per heavy atom. The number of rotatable bonds is 3. The first-order valence-electron chi connectivity index (χ1n) is 6.42. The van der Waals surface area contributed by atoms with E-state index in [9.17, 15) is 0 Å². The minimum absolute atomic E-state index is 0.440. The van der Waals surface area contributed by atoms with Crippen molar-refractivity contribution in [2.24, 2.45) is 0 Å². The lowest BCUT2D eigenvalue weighted by Gasteiger charge is -2.27. The Balaban J connectivity index is 1.93. The second-order valence-corrected chi connectivity index (χ2v) is 42.6. The molecule has 4 heterocycles. The maximum Gasteiger partial charge on any atom is 0.247 e. The van der Waals surface area contributed by atoms with Crippen molar-refractivity contribution in [2.45, 2.75) is 39.5 Å². The monoisotopic (exact) mass is 351 g/mol. The predicted octanol–water partition coefficient (Wildman–Crippen LogP) is 8.10. The van der Waals surface area contributed by atoms with Gasteiger partial charge in [-0.1, -0.05) is 45.9 Å². The van der Waals surface area contributed by atoms with E-state index in [2.05, 4.69) is 45.9 Å².